The Bertz CT molecular complexity index is 1110. The molecule has 1 atom stereocenters. The Hall–Kier alpha value is -2.63. The van der Waals surface area contributed by atoms with Crippen molar-refractivity contribution in [3.05, 3.63) is 48.6 Å². The summed E-state index contributed by atoms with van der Waals surface area (Å²) in [6, 6.07) is 0. The van der Waals surface area contributed by atoms with Gasteiger partial charge in [-0.3, -0.25) is 14.4 Å². The second kappa shape index (κ2) is 52.0. The highest BCUT2D eigenvalue weighted by Crippen LogP contribution is 2.16. The second-order valence-electron chi connectivity index (χ2n) is 18.2. The average molecular weight is 883 g/mol. The largest absolute Gasteiger partial charge is 0.462 e. The molecular weight excluding hydrogens is 781 g/mol. The molecule has 1 unspecified atom stereocenters. The molecule has 6 heteroatoms. The summed E-state index contributed by atoms with van der Waals surface area (Å²) in [5.74, 6) is -0.888. The van der Waals surface area contributed by atoms with Crippen molar-refractivity contribution in [2.75, 3.05) is 13.2 Å². The fourth-order valence-corrected chi connectivity index (χ4v) is 7.79. The van der Waals surface area contributed by atoms with Gasteiger partial charge >= 0.3 is 17.9 Å². The molecule has 0 N–H and O–H groups in total. The molecular formula is C57H102O6. The number of allylic oxidation sites excluding steroid dienone is 8. The molecule has 63 heavy (non-hydrogen) atoms. The Kier molecular flexibility index (Phi) is 49.8. The maximum atomic E-state index is 12.8. The minimum absolute atomic E-state index is 0.0780. The van der Waals surface area contributed by atoms with Crippen LogP contribution < -0.4 is 0 Å². The van der Waals surface area contributed by atoms with Gasteiger partial charge in [0.1, 0.15) is 13.2 Å². The monoisotopic (exact) mass is 883 g/mol. The van der Waals surface area contributed by atoms with Crippen molar-refractivity contribution in [3.63, 3.8) is 0 Å². The van der Waals surface area contributed by atoms with Crippen LogP contribution in [0, 0.1) is 0 Å². The fraction of sp³-hybridized carbons (Fsp3) is 0.807. The van der Waals surface area contributed by atoms with Gasteiger partial charge in [-0.2, -0.15) is 0 Å². The molecule has 6 nitrogen and oxygen atoms in total. The summed E-state index contributed by atoms with van der Waals surface area (Å²) in [5, 5.41) is 0. The van der Waals surface area contributed by atoms with Crippen LogP contribution in [0.1, 0.15) is 278 Å². The van der Waals surface area contributed by atoms with Crippen LogP contribution >= 0.6 is 0 Å². The molecule has 0 aliphatic carbocycles. The number of esters is 3. The van der Waals surface area contributed by atoms with Gasteiger partial charge in [0, 0.05) is 19.3 Å². The van der Waals surface area contributed by atoms with E-state index in [1.807, 2.05) is 0 Å². The normalized spacial score (nSPS) is 12.4. The van der Waals surface area contributed by atoms with Crippen LogP contribution in [0.4, 0.5) is 0 Å². The number of hydrogen-bond donors (Lipinski definition) is 0. The molecule has 0 saturated carbocycles. The van der Waals surface area contributed by atoms with E-state index in [0.717, 1.165) is 77.0 Å². The van der Waals surface area contributed by atoms with Gasteiger partial charge in [0.2, 0.25) is 0 Å². The van der Waals surface area contributed by atoms with Crippen molar-refractivity contribution in [3.8, 4) is 0 Å². The van der Waals surface area contributed by atoms with E-state index in [1.54, 1.807) is 0 Å². The SMILES string of the molecule is CC\C=C/C=C\C=C/CCCCCCCCCC(=O)OC(COC(=O)CCCCCCC/C=C\CCCCCCCCC)COC(=O)CCCCCCCCCCCCCCCC. The van der Waals surface area contributed by atoms with Gasteiger partial charge in [-0.05, 0) is 64.2 Å². The molecule has 0 aromatic heterocycles. The summed E-state index contributed by atoms with van der Waals surface area (Å²) >= 11 is 0. The van der Waals surface area contributed by atoms with Crippen molar-refractivity contribution >= 4 is 17.9 Å². The molecule has 0 bridgehead atoms. The Morgan fingerprint density at radius 2 is 0.635 bits per heavy atom. The topological polar surface area (TPSA) is 78.9 Å². The van der Waals surface area contributed by atoms with Gasteiger partial charge in [-0.25, -0.2) is 0 Å². The third kappa shape index (κ3) is 50.2. The third-order valence-electron chi connectivity index (χ3n) is 11.9. The maximum Gasteiger partial charge on any atom is 0.306 e. The summed E-state index contributed by atoms with van der Waals surface area (Å²) in [6.45, 7) is 6.51. The molecule has 0 radical (unpaired) electrons. The quantitative estimate of drug-likeness (QED) is 0.0199. The van der Waals surface area contributed by atoms with E-state index < -0.39 is 6.10 Å². The molecule has 0 heterocycles. The zero-order valence-corrected chi connectivity index (χ0v) is 41.8. The van der Waals surface area contributed by atoms with Crippen molar-refractivity contribution in [1.82, 2.24) is 0 Å². The first-order valence-corrected chi connectivity index (χ1v) is 27.2. The van der Waals surface area contributed by atoms with Crippen molar-refractivity contribution in [2.45, 2.75) is 284 Å². The van der Waals surface area contributed by atoms with Crippen molar-refractivity contribution < 1.29 is 28.6 Å². The third-order valence-corrected chi connectivity index (χ3v) is 11.9. The summed E-state index contributed by atoms with van der Waals surface area (Å²) in [7, 11) is 0. The van der Waals surface area contributed by atoms with E-state index in [-0.39, 0.29) is 31.1 Å². The highest BCUT2D eigenvalue weighted by Gasteiger charge is 2.19. The zero-order chi connectivity index (χ0) is 45.8. The van der Waals surface area contributed by atoms with Crippen LogP contribution in [0.3, 0.4) is 0 Å². The maximum absolute atomic E-state index is 12.8. The second-order valence-corrected chi connectivity index (χ2v) is 18.2. The first-order chi connectivity index (χ1) is 31.0. The molecule has 0 saturated heterocycles. The number of carbonyl (C=O) groups excluding carboxylic acids is 3. The predicted molar refractivity (Wildman–Crippen MR) is 270 cm³/mol. The first-order valence-electron chi connectivity index (χ1n) is 27.2. The lowest BCUT2D eigenvalue weighted by atomic mass is 10.0. The molecule has 0 aromatic carbocycles. The highest BCUT2D eigenvalue weighted by atomic mass is 16.6. The van der Waals surface area contributed by atoms with Gasteiger partial charge in [0.15, 0.2) is 6.10 Å². The van der Waals surface area contributed by atoms with E-state index in [4.69, 9.17) is 14.2 Å². The van der Waals surface area contributed by atoms with Crippen LogP contribution in [0.5, 0.6) is 0 Å². The Labute approximate surface area is 390 Å². The van der Waals surface area contributed by atoms with Gasteiger partial charge < -0.3 is 14.2 Å². The zero-order valence-electron chi connectivity index (χ0n) is 41.8. The van der Waals surface area contributed by atoms with Crippen molar-refractivity contribution in [1.29, 1.82) is 0 Å². The average Bonchev–Trinajstić information content (AvgIpc) is 3.28. The Morgan fingerprint density at radius 3 is 1.00 bits per heavy atom. The number of carbonyl (C=O) groups is 3. The van der Waals surface area contributed by atoms with Crippen molar-refractivity contribution in [2.24, 2.45) is 0 Å². The molecule has 0 fully saturated rings. The van der Waals surface area contributed by atoms with E-state index in [2.05, 4.69) is 69.4 Å². The standard InChI is InChI=1S/C57H102O6/c1-4-7-10-13-16-19-22-25-28-30-32-35-38-41-44-47-50-56(59)62-53-54(52-61-55(58)49-46-43-40-37-34-31-27-24-21-18-15-12-9-6-3)63-57(60)51-48-45-42-39-36-33-29-26-23-20-17-14-11-8-5-2/h8,11,14,17,20,23,28,30,54H,4-7,9-10,12-13,15-16,18-19,21-22,24-27,29,31-53H2,1-3H3/b11-8-,17-14-,23-20-,30-28-. The van der Waals surface area contributed by atoms with Gasteiger partial charge in [0.25, 0.3) is 0 Å². The lowest BCUT2D eigenvalue weighted by molar-refractivity contribution is -0.167. The Morgan fingerprint density at radius 1 is 0.333 bits per heavy atom. The van der Waals surface area contributed by atoms with E-state index >= 15 is 0 Å². The van der Waals surface area contributed by atoms with Gasteiger partial charge in [-0.15, -0.1) is 0 Å². The lowest BCUT2D eigenvalue weighted by Crippen LogP contribution is -2.30. The summed E-state index contributed by atoms with van der Waals surface area (Å²) < 4.78 is 16.8. The minimum atomic E-state index is -0.780. The van der Waals surface area contributed by atoms with E-state index in [9.17, 15) is 14.4 Å². The molecule has 366 valence electrons. The highest BCUT2D eigenvalue weighted by molar-refractivity contribution is 5.71. The molecule has 0 rings (SSSR count). The smallest absolute Gasteiger partial charge is 0.306 e. The molecule has 0 aliphatic rings. The summed E-state index contributed by atoms with van der Waals surface area (Å²) in [4.78, 5) is 38.0. The number of rotatable bonds is 49. The van der Waals surface area contributed by atoms with Gasteiger partial charge in [0.05, 0.1) is 0 Å². The molecule has 0 aliphatic heterocycles. The summed E-state index contributed by atoms with van der Waals surface area (Å²) in [6.07, 6.45) is 62.3. The number of unbranched alkanes of at least 4 members (excludes halogenated alkanes) is 32. The summed E-state index contributed by atoms with van der Waals surface area (Å²) in [5.41, 5.74) is 0. The molecule has 0 aromatic rings. The van der Waals surface area contributed by atoms with Crippen LogP contribution in [-0.2, 0) is 28.6 Å². The fourth-order valence-electron chi connectivity index (χ4n) is 7.79. The van der Waals surface area contributed by atoms with E-state index in [0.29, 0.717) is 19.3 Å². The Balaban J connectivity index is 4.38. The minimum Gasteiger partial charge on any atom is -0.462 e. The number of ether oxygens (including phenoxy) is 3. The first kappa shape index (κ1) is 60.4. The van der Waals surface area contributed by atoms with E-state index in [1.165, 1.54) is 161 Å². The van der Waals surface area contributed by atoms with Gasteiger partial charge in [-0.1, -0.05) is 243 Å². The number of hydrogen-bond acceptors (Lipinski definition) is 6. The van der Waals surface area contributed by atoms with Crippen LogP contribution in [0.25, 0.3) is 0 Å². The predicted octanol–water partition coefficient (Wildman–Crippen LogP) is 17.9. The molecule has 0 spiro atoms. The molecule has 0 amide bonds. The van der Waals surface area contributed by atoms with Crippen LogP contribution in [0.2, 0.25) is 0 Å². The van der Waals surface area contributed by atoms with Crippen LogP contribution in [0.15, 0.2) is 48.6 Å². The van der Waals surface area contributed by atoms with Crippen LogP contribution in [-0.4, -0.2) is 37.2 Å². The lowest BCUT2D eigenvalue weighted by Gasteiger charge is -2.18.